The van der Waals surface area contributed by atoms with E-state index in [2.05, 4.69) is 15.5 Å². The molecule has 1 aliphatic heterocycles. The molecular weight excluding hydrogens is 232 g/mol. The molecule has 18 heavy (non-hydrogen) atoms. The molecule has 1 aromatic heterocycles. The Balaban J connectivity index is 1.80. The van der Waals surface area contributed by atoms with Crippen molar-refractivity contribution < 1.29 is 9.59 Å². The van der Waals surface area contributed by atoms with Crippen molar-refractivity contribution in [1.82, 2.24) is 20.4 Å². The van der Waals surface area contributed by atoms with Crippen molar-refractivity contribution in [2.75, 3.05) is 19.6 Å². The summed E-state index contributed by atoms with van der Waals surface area (Å²) in [7, 11) is 0. The molecule has 2 rings (SSSR count). The van der Waals surface area contributed by atoms with Gasteiger partial charge in [-0.05, 0) is 18.8 Å². The summed E-state index contributed by atoms with van der Waals surface area (Å²) in [5.41, 5.74) is 0.607. The van der Waals surface area contributed by atoms with Crippen LogP contribution in [0.25, 0.3) is 0 Å². The average molecular weight is 250 g/mol. The lowest BCUT2D eigenvalue weighted by molar-refractivity contribution is -0.119. The van der Waals surface area contributed by atoms with Crippen LogP contribution in [-0.2, 0) is 4.79 Å². The zero-order valence-electron chi connectivity index (χ0n) is 10.5. The number of carbonyl (C=O) groups excluding carboxylic acids is 2. The van der Waals surface area contributed by atoms with Crippen LogP contribution in [0.15, 0.2) is 12.4 Å². The van der Waals surface area contributed by atoms with Crippen molar-refractivity contribution in [3.05, 3.63) is 18.0 Å². The van der Waals surface area contributed by atoms with Gasteiger partial charge in [0.25, 0.3) is 5.91 Å². The molecule has 1 aromatic rings. The van der Waals surface area contributed by atoms with Gasteiger partial charge in [0.05, 0.1) is 11.8 Å². The lowest BCUT2D eigenvalue weighted by Gasteiger charge is -2.31. The molecule has 2 heterocycles. The Morgan fingerprint density at radius 1 is 1.50 bits per heavy atom. The van der Waals surface area contributed by atoms with Crippen LogP contribution in [0.3, 0.4) is 0 Å². The number of rotatable bonds is 3. The van der Waals surface area contributed by atoms with E-state index in [-0.39, 0.29) is 11.8 Å². The van der Waals surface area contributed by atoms with E-state index in [1.165, 1.54) is 6.92 Å². The first kappa shape index (κ1) is 12.6. The third-order valence-electron chi connectivity index (χ3n) is 3.29. The van der Waals surface area contributed by atoms with Crippen LogP contribution in [0.1, 0.15) is 30.1 Å². The average Bonchev–Trinajstić information content (AvgIpc) is 2.90. The highest BCUT2D eigenvalue weighted by Gasteiger charge is 2.23. The van der Waals surface area contributed by atoms with Gasteiger partial charge < -0.3 is 10.2 Å². The lowest BCUT2D eigenvalue weighted by atomic mass is 9.96. The molecule has 1 saturated heterocycles. The second kappa shape index (κ2) is 5.66. The van der Waals surface area contributed by atoms with Crippen LogP contribution in [0, 0.1) is 5.92 Å². The Bertz CT molecular complexity index is 408. The van der Waals surface area contributed by atoms with Crippen LogP contribution in [0.5, 0.6) is 0 Å². The van der Waals surface area contributed by atoms with E-state index in [1.807, 2.05) is 4.90 Å². The van der Waals surface area contributed by atoms with E-state index in [4.69, 9.17) is 0 Å². The third kappa shape index (κ3) is 3.09. The highest BCUT2D eigenvalue weighted by atomic mass is 16.2. The molecule has 0 aromatic carbocycles. The quantitative estimate of drug-likeness (QED) is 0.815. The normalized spacial score (nSPS) is 16.6. The monoisotopic (exact) mass is 250 g/mol. The maximum atomic E-state index is 12.0. The number of carbonyl (C=O) groups is 2. The number of nitrogens with one attached hydrogen (secondary N) is 2. The fourth-order valence-electron chi connectivity index (χ4n) is 2.18. The minimum atomic E-state index is 0.00639. The molecule has 0 radical (unpaired) electrons. The second-order valence-corrected chi connectivity index (χ2v) is 4.66. The van der Waals surface area contributed by atoms with Gasteiger partial charge in [0.1, 0.15) is 0 Å². The number of piperidine rings is 1. The SMILES string of the molecule is CC(=O)NCC1CCN(C(=O)c2cn[nH]c2)CC1. The highest BCUT2D eigenvalue weighted by Crippen LogP contribution is 2.18. The van der Waals surface area contributed by atoms with Crippen LogP contribution < -0.4 is 5.32 Å². The van der Waals surface area contributed by atoms with E-state index in [0.717, 1.165) is 25.9 Å². The fourth-order valence-corrected chi connectivity index (χ4v) is 2.18. The zero-order chi connectivity index (χ0) is 13.0. The van der Waals surface area contributed by atoms with Gasteiger partial charge in [0.15, 0.2) is 0 Å². The number of aromatic nitrogens is 2. The van der Waals surface area contributed by atoms with E-state index >= 15 is 0 Å². The third-order valence-corrected chi connectivity index (χ3v) is 3.29. The molecule has 0 bridgehead atoms. The zero-order valence-corrected chi connectivity index (χ0v) is 10.5. The summed E-state index contributed by atoms with van der Waals surface area (Å²) in [5, 5.41) is 9.26. The minimum absolute atomic E-state index is 0.00639. The van der Waals surface area contributed by atoms with Gasteiger partial charge in [0, 0.05) is 32.8 Å². The van der Waals surface area contributed by atoms with Gasteiger partial charge >= 0.3 is 0 Å². The first-order chi connectivity index (χ1) is 8.66. The van der Waals surface area contributed by atoms with Crippen LogP contribution >= 0.6 is 0 Å². The number of H-pyrrole nitrogens is 1. The van der Waals surface area contributed by atoms with E-state index in [0.29, 0.717) is 18.0 Å². The number of hydrogen-bond acceptors (Lipinski definition) is 3. The Hall–Kier alpha value is -1.85. The molecule has 1 fully saturated rings. The summed E-state index contributed by atoms with van der Waals surface area (Å²) in [6.45, 7) is 3.73. The van der Waals surface area contributed by atoms with Crippen molar-refractivity contribution >= 4 is 11.8 Å². The van der Waals surface area contributed by atoms with Crippen molar-refractivity contribution in [1.29, 1.82) is 0 Å². The van der Waals surface area contributed by atoms with Crippen LogP contribution in [0.2, 0.25) is 0 Å². The largest absolute Gasteiger partial charge is 0.356 e. The summed E-state index contributed by atoms with van der Waals surface area (Å²) in [6.07, 6.45) is 5.03. The lowest BCUT2D eigenvalue weighted by Crippen LogP contribution is -2.41. The molecule has 1 aliphatic rings. The van der Waals surface area contributed by atoms with Crippen molar-refractivity contribution in [3.63, 3.8) is 0 Å². The van der Waals surface area contributed by atoms with Gasteiger partial charge in [-0.25, -0.2) is 0 Å². The molecule has 0 saturated carbocycles. The molecule has 2 N–H and O–H groups in total. The summed E-state index contributed by atoms with van der Waals surface area (Å²) in [6, 6.07) is 0. The van der Waals surface area contributed by atoms with Gasteiger partial charge in [-0.2, -0.15) is 5.10 Å². The number of amides is 2. The van der Waals surface area contributed by atoms with Gasteiger partial charge in [-0.1, -0.05) is 0 Å². The van der Waals surface area contributed by atoms with Gasteiger partial charge in [0.2, 0.25) is 5.91 Å². The Morgan fingerprint density at radius 2 is 2.22 bits per heavy atom. The van der Waals surface area contributed by atoms with E-state index in [1.54, 1.807) is 12.4 Å². The first-order valence-corrected chi connectivity index (χ1v) is 6.19. The Kier molecular flexibility index (Phi) is 3.96. The topological polar surface area (TPSA) is 78.1 Å². The van der Waals surface area contributed by atoms with E-state index in [9.17, 15) is 9.59 Å². The molecular formula is C12H18N4O2. The first-order valence-electron chi connectivity index (χ1n) is 6.19. The minimum Gasteiger partial charge on any atom is -0.356 e. The Labute approximate surface area is 106 Å². The second-order valence-electron chi connectivity index (χ2n) is 4.66. The molecule has 98 valence electrons. The number of hydrogen-bond donors (Lipinski definition) is 2. The molecule has 0 spiro atoms. The predicted octanol–water partition coefficient (Wildman–Crippen LogP) is 0.398. The summed E-state index contributed by atoms with van der Waals surface area (Å²) < 4.78 is 0. The predicted molar refractivity (Wildman–Crippen MR) is 65.9 cm³/mol. The smallest absolute Gasteiger partial charge is 0.257 e. The Morgan fingerprint density at radius 3 is 2.78 bits per heavy atom. The molecule has 0 unspecified atom stereocenters. The standard InChI is InChI=1S/C12H18N4O2/c1-9(17)13-6-10-2-4-16(5-3-10)12(18)11-7-14-15-8-11/h7-8,10H,2-6H2,1H3,(H,13,17)(H,14,15). The number of nitrogens with zero attached hydrogens (tertiary/aromatic N) is 2. The van der Waals surface area contributed by atoms with Crippen LogP contribution in [0.4, 0.5) is 0 Å². The van der Waals surface area contributed by atoms with Gasteiger partial charge in [-0.3, -0.25) is 14.7 Å². The summed E-state index contributed by atoms with van der Waals surface area (Å²) in [5.74, 6) is 0.510. The van der Waals surface area contributed by atoms with Crippen molar-refractivity contribution in [3.8, 4) is 0 Å². The maximum Gasteiger partial charge on any atom is 0.257 e. The molecule has 6 nitrogen and oxygen atoms in total. The molecule has 2 amide bonds. The van der Waals surface area contributed by atoms with Crippen molar-refractivity contribution in [2.45, 2.75) is 19.8 Å². The van der Waals surface area contributed by atoms with Crippen LogP contribution in [-0.4, -0.2) is 46.5 Å². The number of likely N-dealkylation sites (tertiary alicyclic amines) is 1. The molecule has 0 aliphatic carbocycles. The molecule has 0 atom stereocenters. The highest BCUT2D eigenvalue weighted by molar-refractivity contribution is 5.93. The maximum absolute atomic E-state index is 12.0. The summed E-state index contributed by atoms with van der Waals surface area (Å²) in [4.78, 5) is 24.7. The van der Waals surface area contributed by atoms with Crippen molar-refractivity contribution in [2.24, 2.45) is 5.92 Å². The molecule has 6 heteroatoms. The summed E-state index contributed by atoms with van der Waals surface area (Å²) >= 11 is 0. The fraction of sp³-hybridized carbons (Fsp3) is 0.583. The number of aromatic amines is 1. The van der Waals surface area contributed by atoms with E-state index < -0.39 is 0 Å². The van der Waals surface area contributed by atoms with Gasteiger partial charge in [-0.15, -0.1) is 0 Å².